The largest absolute Gasteiger partial charge is 0.398 e. The molecular formula is C9H12ClNO2S. The Hall–Kier alpha value is -0.580. The number of hydrogen-bond donors (Lipinski definition) is 2. The third kappa shape index (κ3) is 2.97. The van der Waals surface area contributed by atoms with E-state index in [9.17, 15) is 4.21 Å². The third-order valence-electron chi connectivity index (χ3n) is 1.70. The summed E-state index contributed by atoms with van der Waals surface area (Å²) >= 11 is 5.71. The Morgan fingerprint density at radius 2 is 2.21 bits per heavy atom. The maximum atomic E-state index is 11.6. The molecule has 3 nitrogen and oxygen atoms in total. The molecule has 0 bridgehead atoms. The predicted molar refractivity (Wildman–Crippen MR) is 58.8 cm³/mol. The number of nitrogens with two attached hydrogens (primary N) is 1. The van der Waals surface area contributed by atoms with Gasteiger partial charge in [-0.1, -0.05) is 11.6 Å². The highest BCUT2D eigenvalue weighted by atomic mass is 35.5. The van der Waals surface area contributed by atoms with Crippen molar-refractivity contribution in [3.8, 4) is 0 Å². The van der Waals surface area contributed by atoms with Crippen molar-refractivity contribution in [2.24, 2.45) is 0 Å². The van der Waals surface area contributed by atoms with Crippen LogP contribution < -0.4 is 5.73 Å². The molecule has 0 fully saturated rings. The van der Waals surface area contributed by atoms with E-state index in [1.807, 2.05) is 0 Å². The van der Waals surface area contributed by atoms with Gasteiger partial charge in [0.15, 0.2) is 0 Å². The molecule has 0 heterocycles. The summed E-state index contributed by atoms with van der Waals surface area (Å²) in [6, 6.07) is 4.89. The van der Waals surface area contributed by atoms with Crippen LogP contribution in [0.15, 0.2) is 23.1 Å². The van der Waals surface area contributed by atoms with Gasteiger partial charge in [0, 0.05) is 23.1 Å². The lowest BCUT2D eigenvalue weighted by molar-refractivity contribution is 0.296. The lowest BCUT2D eigenvalue weighted by Gasteiger charge is -2.04. The SMILES string of the molecule is Nc1cc(Cl)ccc1S(=O)CCCO. The highest BCUT2D eigenvalue weighted by molar-refractivity contribution is 7.85. The number of anilines is 1. The number of aliphatic hydroxyl groups is 1. The summed E-state index contributed by atoms with van der Waals surface area (Å²) in [4.78, 5) is 0.586. The van der Waals surface area contributed by atoms with Crippen LogP contribution in [-0.2, 0) is 10.8 Å². The molecule has 0 amide bonds. The van der Waals surface area contributed by atoms with Gasteiger partial charge < -0.3 is 10.8 Å². The molecule has 3 N–H and O–H groups in total. The molecular weight excluding hydrogens is 222 g/mol. The Kier molecular flexibility index (Phi) is 4.38. The Morgan fingerprint density at radius 1 is 1.50 bits per heavy atom. The fourth-order valence-corrected chi connectivity index (χ4v) is 2.37. The van der Waals surface area contributed by atoms with E-state index >= 15 is 0 Å². The van der Waals surface area contributed by atoms with Crippen molar-refractivity contribution in [2.75, 3.05) is 18.1 Å². The molecule has 0 aliphatic carbocycles. The highest BCUT2D eigenvalue weighted by Gasteiger charge is 2.07. The Labute approximate surface area is 90.3 Å². The quantitative estimate of drug-likeness (QED) is 0.773. The molecule has 0 aromatic heterocycles. The Bertz CT molecular complexity index is 344. The molecule has 0 radical (unpaired) electrons. The Balaban J connectivity index is 2.80. The first kappa shape index (κ1) is 11.5. The maximum Gasteiger partial charge on any atom is 0.0618 e. The molecule has 1 atom stereocenters. The van der Waals surface area contributed by atoms with Crippen LogP contribution in [-0.4, -0.2) is 21.7 Å². The summed E-state index contributed by atoms with van der Waals surface area (Å²) in [5, 5.41) is 9.12. The van der Waals surface area contributed by atoms with E-state index in [4.69, 9.17) is 22.4 Å². The van der Waals surface area contributed by atoms with E-state index in [1.165, 1.54) is 0 Å². The van der Waals surface area contributed by atoms with Gasteiger partial charge in [-0.05, 0) is 24.6 Å². The fraction of sp³-hybridized carbons (Fsp3) is 0.333. The molecule has 14 heavy (non-hydrogen) atoms. The molecule has 1 aromatic rings. The average Bonchev–Trinajstić information content (AvgIpc) is 2.14. The predicted octanol–water partition coefficient (Wildman–Crippen LogP) is 1.41. The molecule has 0 saturated carbocycles. The summed E-state index contributed by atoms with van der Waals surface area (Å²) < 4.78 is 11.6. The van der Waals surface area contributed by atoms with Crippen molar-refractivity contribution in [2.45, 2.75) is 11.3 Å². The normalized spacial score (nSPS) is 12.7. The minimum Gasteiger partial charge on any atom is -0.398 e. The van der Waals surface area contributed by atoms with Crippen LogP contribution in [0.4, 0.5) is 5.69 Å². The van der Waals surface area contributed by atoms with E-state index in [1.54, 1.807) is 18.2 Å². The molecule has 0 saturated heterocycles. The van der Waals surface area contributed by atoms with Gasteiger partial charge in [0.05, 0.1) is 15.7 Å². The van der Waals surface area contributed by atoms with Gasteiger partial charge in [0.1, 0.15) is 0 Å². The lowest BCUT2D eigenvalue weighted by Crippen LogP contribution is -2.03. The van der Waals surface area contributed by atoms with Gasteiger partial charge in [-0.2, -0.15) is 0 Å². The van der Waals surface area contributed by atoms with Crippen LogP contribution in [0.25, 0.3) is 0 Å². The summed E-state index contributed by atoms with van der Waals surface area (Å²) in [5.41, 5.74) is 6.09. The van der Waals surface area contributed by atoms with Gasteiger partial charge in [0.25, 0.3) is 0 Å². The second kappa shape index (κ2) is 5.34. The standard InChI is InChI=1S/C9H12ClNO2S/c10-7-2-3-9(8(11)6-7)14(13)5-1-4-12/h2-3,6,12H,1,4-5,11H2. The molecule has 1 aromatic carbocycles. The summed E-state index contributed by atoms with van der Waals surface area (Å²) in [6.45, 7) is 0.0409. The van der Waals surface area contributed by atoms with E-state index < -0.39 is 10.8 Å². The third-order valence-corrected chi connectivity index (χ3v) is 3.46. The molecule has 0 spiro atoms. The minimum atomic E-state index is -1.15. The van der Waals surface area contributed by atoms with Crippen LogP contribution in [0.5, 0.6) is 0 Å². The zero-order chi connectivity index (χ0) is 10.6. The van der Waals surface area contributed by atoms with Gasteiger partial charge >= 0.3 is 0 Å². The van der Waals surface area contributed by atoms with Crippen LogP contribution in [0.2, 0.25) is 5.02 Å². The van der Waals surface area contributed by atoms with Gasteiger partial charge in [-0.3, -0.25) is 4.21 Å². The van der Waals surface area contributed by atoms with Crippen molar-refractivity contribution in [1.82, 2.24) is 0 Å². The number of benzene rings is 1. The highest BCUT2D eigenvalue weighted by Crippen LogP contribution is 2.21. The molecule has 0 aliphatic heterocycles. The number of nitrogen functional groups attached to an aromatic ring is 1. The van der Waals surface area contributed by atoms with Crippen LogP contribution in [0, 0.1) is 0 Å². The molecule has 78 valence electrons. The monoisotopic (exact) mass is 233 g/mol. The van der Waals surface area contributed by atoms with Crippen LogP contribution in [0.3, 0.4) is 0 Å². The number of hydrogen-bond acceptors (Lipinski definition) is 3. The smallest absolute Gasteiger partial charge is 0.0618 e. The Morgan fingerprint density at radius 3 is 2.79 bits per heavy atom. The number of halogens is 1. The topological polar surface area (TPSA) is 63.3 Å². The summed E-state index contributed by atoms with van der Waals surface area (Å²) in [7, 11) is -1.15. The second-order valence-corrected chi connectivity index (χ2v) is 4.78. The first-order chi connectivity index (χ1) is 6.65. The van der Waals surface area contributed by atoms with E-state index in [-0.39, 0.29) is 6.61 Å². The van der Waals surface area contributed by atoms with Gasteiger partial charge in [-0.25, -0.2) is 0 Å². The summed E-state index contributed by atoms with van der Waals surface area (Å²) in [5.74, 6) is 0.419. The van der Waals surface area contributed by atoms with E-state index in [0.717, 1.165) is 0 Å². The maximum absolute atomic E-state index is 11.6. The zero-order valence-electron chi connectivity index (χ0n) is 7.57. The van der Waals surface area contributed by atoms with E-state index in [0.29, 0.717) is 27.8 Å². The lowest BCUT2D eigenvalue weighted by atomic mass is 10.3. The second-order valence-electron chi connectivity index (χ2n) is 2.81. The first-order valence-electron chi connectivity index (χ1n) is 4.19. The first-order valence-corrected chi connectivity index (χ1v) is 5.89. The molecule has 1 unspecified atom stereocenters. The van der Waals surface area contributed by atoms with Crippen molar-refractivity contribution < 1.29 is 9.32 Å². The van der Waals surface area contributed by atoms with Crippen LogP contribution in [0.1, 0.15) is 6.42 Å². The zero-order valence-corrected chi connectivity index (χ0v) is 9.14. The summed E-state index contributed by atoms with van der Waals surface area (Å²) in [6.07, 6.45) is 0.509. The van der Waals surface area contributed by atoms with Crippen molar-refractivity contribution in [1.29, 1.82) is 0 Å². The van der Waals surface area contributed by atoms with E-state index in [2.05, 4.69) is 0 Å². The number of rotatable bonds is 4. The minimum absolute atomic E-state index is 0.0409. The number of aliphatic hydroxyl groups excluding tert-OH is 1. The van der Waals surface area contributed by atoms with Gasteiger partial charge in [0.2, 0.25) is 0 Å². The van der Waals surface area contributed by atoms with Crippen molar-refractivity contribution in [3.05, 3.63) is 23.2 Å². The molecule has 5 heteroatoms. The average molecular weight is 234 g/mol. The van der Waals surface area contributed by atoms with Crippen LogP contribution >= 0.6 is 11.6 Å². The molecule has 0 aliphatic rings. The van der Waals surface area contributed by atoms with Gasteiger partial charge in [-0.15, -0.1) is 0 Å². The fourth-order valence-electron chi connectivity index (χ4n) is 1.03. The van der Waals surface area contributed by atoms with Crippen molar-refractivity contribution >= 4 is 28.1 Å². The van der Waals surface area contributed by atoms with Crippen molar-refractivity contribution in [3.63, 3.8) is 0 Å². The molecule has 1 rings (SSSR count).